The van der Waals surface area contributed by atoms with Crippen LogP contribution in [0.5, 0.6) is 5.75 Å². The molecule has 7 heteroatoms. The number of carboxylic acids is 1. The molecule has 132 valence electrons. The molecule has 26 heavy (non-hydrogen) atoms. The molecule has 0 aliphatic heterocycles. The highest BCUT2D eigenvalue weighted by Gasteiger charge is 2.13. The summed E-state index contributed by atoms with van der Waals surface area (Å²) in [4.78, 5) is 27.6. The topological polar surface area (TPSA) is 88.5 Å². The van der Waals surface area contributed by atoms with E-state index in [0.29, 0.717) is 5.13 Å². The first-order valence-electron chi connectivity index (χ1n) is 7.80. The molecule has 0 atom stereocenters. The van der Waals surface area contributed by atoms with Gasteiger partial charge in [0, 0.05) is 10.9 Å². The van der Waals surface area contributed by atoms with Gasteiger partial charge in [-0.3, -0.25) is 10.1 Å². The summed E-state index contributed by atoms with van der Waals surface area (Å²) in [5, 5.41) is 14.1. The number of rotatable bonds is 6. The quantitative estimate of drug-likeness (QED) is 0.690. The van der Waals surface area contributed by atoms with Gasteiger partial charge in [-0.2, -0.15) is 0 Å². The van der Waals surface area contributed by atoms with Crippen molar-refractivity contribution in [2.24, 2.45) is 0 Å². The molecule has 1 aromatic heterocycles. The van der Waals surface area contributed by atoms with Crippen LogP contribution in [0, 0.1) is 6.92 Å². The lowest BCUT2D eigenvalue weighted by molar-refractivity contribution is -0.118. The Morgan fingerprint density at radius 2 is 1.88 bits per heavy atom. The molecule has 1 heterocycles. The average Bonchev–Trinajstić information content (AvgIpc) is 3.09. The summed E-state index contributed by atoms with van der Waals surface area (Å²) in [6, 6.07) is 14.1. The number of nitrogens with one attached hydrogen (secondary N) is 1. The van der Waals surface area contributed by atoms with E-state index in [2.05, 4.69) is 10.3 Å². The minimum absolute atomic E-state index is 0.0104. The van der Waals surface area contributed by atoms with Crippen molar-refractivity contribution in [3.8, 4) is 17.0 Å². The number of para-hydroxylation sites is 1. The lowest BCUT2D eigenvalue weighted by Gasteiger charge is -2.08. The van der Waals surface area contributed by atoms with E-state index in [-0.39, 0.29) is 17.9 Å². The van der Waals surface area contributed by atoms with Gasteiger partial charge in [-0.15, -0.1) is 11.3 Å². The largest absolute Gasteiger partial charge is 0.483 e. The first kappa shape index (κ1) is 17.6. The molecular formula is C19H16N2O4S. The normalized spacial score (nSPS) is 10.3. The molecule has 1 amide bonds. The maximum Gasteiger partial charge on any atom is 0.339 e. The summed E-state index contributed by atoms with van der Waals surface area (Å²) >= 11 is 1.31. The van der Waals surface area contributed by atoms with Gasteiger partial charge >= 0.3 is 5.97 Å². The predicted molar refractivity (Wildman–Crippen MR) is 99.8 cm³/mol. The van der Waals surface area contributed by atoms with E-state index in [1.165, 1.54) is 23.5 Å². The van der Waals surface area contributed by atoms with Crippen molar-refractivity contribution >= 4 is 28.3 Å². The second-order valence-electron chi connectivity index (χ2n) is 5.54. The molecule has 0 unspecified atom stereocenters. The highest BCUT2D eigenvalue weighted by atomic mass is 32.1. The molecule has 3 rings (SSSR count). The van der Waals surface area contributed by atoms with E-state index < -0.39 is 11.9 Å². The Balaban J connectivity index is 1.61. The zero-order valence-electron chi connectivity index (χ0n) is 13.9. The lowest BCUT2D eigenvalue weighted by Crippen LogP contribution is -2.20. The van der Waals surface area contributed by atoms with Crippen LogP contribution in [0.1, 0.15) is 15.9 Å². The summed E-state index contributed by atoms with van der Waals surface area (Å²) in [6.07, 6.45) is 0. The van der Waals surface area contributed by atoms with Crippen molar-refractivity contribution < 1.29 is 19.4 Å². The van der Waals surface area contributed by atoms with Crippen LogP contribution in [0.2, 0.25) is 0 Å². The molecule has 2 aromatic carbocycles. The minimum Gasteiger partial charge on any atom is -0.483 e. The van der Waals surface area contributed by atoms with E-state index >= 15 is 0 Å². The molecule has 0 saturated carbocycles. The molecule has 0 saturated heterocycles. The van der Waals surface area contributed by atoms with Gasteiger partial charge in [-0.25, -0.2) is 9.78 Å². The number of carboxylic acid groups (broad SMARTS) is 1. The molecule has 0 fully saturated rings. The van der Waals surface area contributed by atoms with E-state index in [4.69, 9.17) is 9.84 Å². The summed E-state index contributed by atoms with van der Waals surface area (Å²) in [5.41, 5.74) is 2.92. The Morgan fingerprint density at radius 1 is 1.15 bits per heavy atom. The van der Waals surface area contributed by atoms with Gasteiger partial charge in [0.25, 0.3) is 5.91 Å². The van der Waals surface area contributed by atoms with Gasteiger partial charge in [-0.1, -0.05) is 42.0 Å². The number of aromatic nitrogens is 1. The molecule has 0 bridgehead atoms. The second kappa shape index (κ2) is 7.79. The molecular weight excluding hydrogens is 352 g/mol. The predicted octanol–water partition coefficient (Wildman–Crippen LogP) is 3.83. The lowest BCUT2D eigenvalue weighted by atomic mass is 10.1. The van der Waals surface area contributed by atoms with Crippen molar-refractivity contribution in [1.29, 1.82) is 0 Å². The van der Waals surface area contributed by atoms with Crippen LogP contribution in [0.4, 0.5) is 5.13 Å². The Labute approximate surface area is 154 Å². The van der Waals surface area contributed by atoms with Gasteiger partial charge in [0.1, 0.15) is 11.3 Å². The van der Waals surface area contributed by atoms with Crippen LogP contribution in [-0.2, 0) is 4.79 Å². The fourth-order valence-corrected chi connectivity index (χ4v) is 2.99. The number of nitrogens with zero attached hydrogens (tertiary/aromatic N) is 1. The summed E-state index contributed by atoms with van der Waals surface area (Å²) in [7, 11) is 0. The number of hydrogen-bond acceptors (Lipinski definition) is 5. The molecule has 0 spiro atoms. The zero-order valence-corrected chi connectivity index (χ0v) is 14.7. The second-order valence-corrected chi connectivity index (χ2v) is 6.40. The number of amides is 1. The first-order valence-corrected chi connectivity index (χ1v) is 8.68. The van der Waals surface area contributed by atoms with Crippen molar-refractivity contribution in [3.05, 3.63) is 65.0 Å². The standard InChI is InChI=1S/C19H16N2O4S/c1-12-6-8-13(9-7-12)15-11-26-19(20-15)21-17(22)10-25-16-5-3-2-4-14(16)18(23)24/h2-9,11H,10H2,1H3,(H,23,24)(H,20,21,22). The van der Waals surface area contributed by atoms with E-state index in [1.807, 2.05) is 36.6 Å². The zero-order chi connectivity index (χ0) is 18.5. The average molecular weight is 368 g/mol. The number of aromatic carboxylic acids is 1. The third-order valence-electron chi connectivity index (χ3n) is 3.57. The molecule has 2 N–H and O–H groups in total. The maximum absolute atomic E-state index is 12.0. The fourth-order valence-electron chi connectivity index (χ4n) is 2.26. The number of hydrogen-bond donors (Lipinski definition) is 2. The van der Waals surface area contributed by atoms with E-state index in [9.17, 15) is 9.59 Å². The van der Waals surface area contributed by atoms with Gasteiger partial charge in [-0.05, 0) is 19.1 Å². The van der Waals surface area contributed by atoms with Crippen LogP contribution in [0.3, 0.4) is 0 Å². The summed E-state index contributed by atoms with van der Waals surface area (Å²) in [5.74, 6) is -1.37. The third-order valence-corrected chi connectivity index (χ3v) is 4.33. The molecule has 6 nitrogen and oxygen atoms in total. The summed E-state index contributed by atoms with van der Waals surface area (Å²) in [6.45, 7) is 1.71. The number of carbonyl (C=O) groups is 2. The number of benzene rings is 2. The number of aryl methyl sites for hydroxylation is 1. The van der Waals surface area contributed by atoms with Crippen LogP contribution in [0.15, 0.2) is 53.9 Å². The number of carbonyl (C=O) groups excluding carboxylic acids is 1. The summed E-state index contributed by atoms with van der Waals surface area (Å²) < 4.78 is 5.32. The highest BCUT2D eigenvalue weighted by molar-refractivity contribution is 7.14. The van der Waals surface area contributed by atoms with E-state index in [1.54, 1.807) is 12.1 Å². The molecule has 0 aliphatic carbocycles. The van der Waals surface area contributed by atoms with Crippen LogP contribution >= 0.6 is 11.3 Å². The minimum atomic E-state index is -1.11. The Morgan fingerprint density at radius 3 is 2.62 bits per heavy atom. The van der Waals surface area contributed by atoms with Crippen molar-refractivity contribution in [1.82, 2.24) is 4.98 Å². The Hall–Kier alpha value is -3.19. The van der Waals surface area contributed by atoms with Gasteiger partial charge < -0.3 is 9.84 Å². The highest BCUT2D eigenvalue weighted by Crippen LogP contribution is 2.25. The monoisotopic (exact) mass is 368 g/mol. The van der Waals surface area contributed by atoms with E-state index in [0.717, 1.165) is 16.8 Å². The molecule has 0 aliphatic rings. The van der Waals surface area contributed by atoms with Crippen LogP contribution < -0.4 is 10.1 Å². The van der Waals surface area contributed by atoms with Gasteiger partial charge in [0.15, 0.2) is 11.7 Å². The molecule has 3 aromatic rings. The van der Waals surface area contributed by atoms with Gasteiger partial charge in [0.2, 0.25) is 0 Å². The Kier molecular flexibility index (Phi) is 5.28. The van der Waals surface area contributed by atoms with Crippen molar-refractivity contribution in [3.63, 3.8) is 0 Å². The maximum atomic E-state index is 12.0. The van der Waals surface area contributed by atoms with Crippen molar-refractivity contribution in [2.75, 3.05) is 11.9 Å². The SMILES string of the molecule is Cc1ccc(-c2csc(NC(=O)COc3ccccc3C(=O)O)n2)cc1. The smallest absolute Gasteiger partial charge is 0.339 e. The Bertz CT molecular complexity index is 935. The number of thiazole rings is 1. The molecule has 0 radical (unpaired) electrons. The fraction of sp³-hybridized carbons (Fsp3) is 0.105. The van der Waals surface area contributed by atoms with Crippen molar-refractivity contribution in [2.45, 2.75) is 6.92 Å². The van der Waals surface area contributed by atoms with Gasteiger partial charge in [0.05, 0.1) is 5.69 Å². The van der Waals surface area contributed by atoms with Crippen LogP contribution in [0.25, 0.3) is 11.3 Å². The third kappa shape index (κ3) is 4.25. The number of ether oxygens (including phenoxy) is 1. The first-order chi connectivity index (χ1) is 12.5. The number of anilines is 1. The van der Waals surface area contributed by atoms with Crippen LogP contribution in [-0.4, -0.2) is 28.6 Å².